The van der Waals surface area contributed by atoms with E-state index in [0.29, 0.717) is 41.2 Å². The quantitative estimate of drug-likeness (QED) is 0.0700. The lowest BCUT2D eigenvalue weighted by Crippen LogP contribution is -2.39. The van der Waals surface area contributed by atoms with E-state index in [1.807, 2.05) is 10.8 Å². The highest BCUT2D eigenvalue weighted by Crippen LogP contribution is 2.48. The van der Waals surface area contributed by atoms with Gasteiger partial charge in [-0.05, 0) is 55.9 Å². The van der Waals surface area contributed by atoms with Crippen molar-refractivity contribution in [1.82, 2.24) is 24.6 Å². The highest BCUT2D eigenvalue weighted by atomic mass is 35.5. The average Bonchev–Trinajstić information content (AvgIpc) is 3.55. The number of carbonyl (C=O) groups excluding carboxylic acids is 1. The van der Waals surface area contributed by atoms with Crippen LogP contribution < -0.4 is 9.61 Å². The third-order valence-electron chi connectivity index (χ3n) is 7.75. The summed E-state index contributed by atoms with van der Waals surface area (Å²) in [6.45, 7) is 1.70. The van der Waals surface area contributed by atoms with Gasteiger partial charge in [-0.3, -0.25) is 9.36 Å². The second kappa shape index (κ2) is 13.6. The number of hydrogen-bond acceptors (Lipinski definition) is 10. The highest BCUT2D eigenvalue weighted by molar-refractivity contribution is 7.98. The molecular weight excluding hydrogens is 666 g/mol. The summed E-state index contributed by atoms with van der Waals surface area (Å²) < 4.78 is 66.4. The van der Waals surface area contributed by atoms with Crippen molar-refractivity contribution in [2.45, 2.75) is 61.9 Å². The largest absolute Gasteiger partial charge is 0.459 e. The number of thioether (sulfide) groups is 1. The lowest BCUT2D eigenvalue weighted by Gasteiger charge is -2.25. The lowest BCUT2D eigenvalue weighted by molar-refractivity contribution is -0.150. The minimum Gasteiger partial charge on any atom is -0.459 e. The van der Waals surface area contributed by atoms with Crippen molar-refractivity contribution >= 4 is 49.0 Å². The van der Waals surface area contributed by atoms with Gasteiger partial charge < -0.3 is 18.5 Å². The first-order chi connectivity index (χ1) is 22.1. The van der Waals surface area contributed by atoms with E-state index in [1.165, 1.54) is 36.3 Å². The molecule has 4 unspecified atom stereocenters. The van der Waals surface area contributed by atoms with E-state index in [0.717, 1.165) is 11.1 Å². The van der Waals surface area contributed by atoms with Gasteiger partial charge in [-0.15, -0.1) is 11.8 Å². The predicted molar refractivity (Wildman–Crippen MR) is 166 cm³/mol. The second-order valence-corrected chi connectivity index (χ2v) is 13.5. The Hall–Kier alpha value is -3.00. The topological polar surface area (TPSA) is 110 Å². The maximum atomic E-state index is 13.5. The van der Waals surface area contributed by atoms with Gasteiger partial charge in [0, 0.05) is 16.5 Å². The van der Waals surface area contributed by atoms with Crippen LogP contribution in [0, 0.1) is 5.92 Å². The van der Waals surface area contributed by atoms with E-state index >= 15 is 0 Å². The number of imidazole rings is 1. The van der Waals surface area contributed by atoms with Crippen molar-refractivity contribution in [3.05, 3.63) is 77.3 Å². The molecule has 6 rings (SSSR count). The first-order valence-corrected chi connectivity index (χ1v) is 17.2. The van der Waals surface area contributed by atoms with E-state index in [2.05, 4.69) is 27.0 Å². The van der Waals surface area contributed by atoms with Gasteiger partial charge in [0.2, 0.25) is 0 Å². The molecule has 2 aromatic heterocycles. The molecule has 1 aliphatic heterocycles. The number of alkyl halides is 3. The zero-order valence-corrected chi connectivity index (χ0v) is 27.2. The van der Waals surface area contributed by atoms with Gasteiger partial charge in [0.1, 0.15) is 41.0 Å². The van der Waals surface area contributed by atoms with E-state index in [4.69, 9.17) is 30.1 Å². The maximum absolute atomic E-state index is 13.5. The van der Waals surface area contributed by atoms with Crippen LogP contribution in [0.1, 0.15) is 43.5 Å². The standard InChI is InChI=1S/C30H30ClF3N5O5PS/c1-18-13-22(43-27(18)39-17-37-24-25(39)35-16-36-26(24)46-2)15-42-45(44-21-9-7-20(31)8-10-21)38-29(11-12-29)28(40)41-14-19-5-3-4-6-23(19)30(32,33)34/h3-10,16-18,22,27,38H,11-15H2,1-2H3. The molecule has 2 aliphatic rings. The molecule has 0 spiro atoms. The minimum atomic E-state index is -4.57. The molecule has 0 amide bonds. The fraction of sp³-hybridized carbons (Fsp3) is 0.400. The van der Waals surface area contributed by atoms with E-state index in [1.54, 1.807) is 30.6 Å². The summed E-state index contributed by atoms with van der Waals surface area (Å²) in [7, 11) is -1.92. The number of benzene rings is 2. The molecule has 1 saturated heterocycles. The number of esters is 1. The molecule has 1 aliphatic carbocycles. The second-order valence-electron chi connectivity index (χ2n) is 11.1. The SMILES string of the molecule is CSc1ncnc2c1ncn2C1OC(COP(NC2(C(=O)OCc3ccccc3C(F)(F)F)CC2)Oc2ccc(Cl)cc2)CC1C. The van der Waals surface area contributed by atoms with Crippen molar-refractivity contribution in [3.8, 4) is 5.75 Å². The van der Waals surface area contributed by atoms with Crippen molar-refractivity contribution < 1.29 is 36.5 Å². The number of hydrogen-bond donors (Lipinski definition) is 1. The summed E-state index contributed by atoms with van der Waals surface area (Å²) in [6, 6.07) is 11.7. The molecule has 1 N–H and O–H groups in total. The molecule has 244 valence electrons. The third kappa shape index (κ3) is 7.27. The summed E-state index contributed by atoms with van der Waals surface area (Å²) in [6.07, 6.45) is 1.44. The van der Waals surface area contributed by atoms with Crippen molar-refractivity contribution in [3.63, 3.8) is 0 Å². The molecular formula is C30H30ClF3N5O5PS. The summed E-state index contributed by atoms with van der Waals surface area (Å²) >= 11 is 7.53. The fourth-order valence-electron chi connectivity index (χ4n) is 5.22. The molecule has 0 bridgehead atoms. The van der Waals surface area contributed by atoms with Crippen molar-refractivity contribution in [2.75, 3.05) is 12.9 Å². The minimum absolute atomic E-state index is 0.111. The van der Waals surface area contributed by atoms with Gasteiger partial charge in [-0.25, -0.2) is 20.0 Å². The fourth-order valence-corrected chi connectivity index (χ4v) is 7.28. The number of ether oxygens (including phenoxy) is 2. The predicted octanol–water partition coefficient (Wildman–Crippen LogP) is 7.33. The molecule has 10 nitrogen and oxygen atoms in total. The number of fused-ring (bicyclic) bond motifs is 1. The lowest BCUT2D eigenvalue weighted by atomic mass is 10.1. The Kier molecular flexibility index (Phi) is 9.75. The van der Waals surface area contributed by atoms with Crippen LogP contribution in [-0.4, -0.2) is 50.0 Å². The Labute approximate surface area is 273 Å². The Morgan fingerprint density at radius 2 is 1.93 bits per heavy atom. The van der Waals surface area contributed by atoms with Gasteiger partial charge >= 0.3 is 20.7 Å². The Morgan fingerprint density at radius 1 is 1.17 bits per heavy atom. The normalized spacial score (nSPS) is 21.3. The third-order valence-corrected chi connectivity index (χ3v) is 10.1. The first kappa shape index (κ1) is 32.9. The molecule has 2 aromatic carbocycles. The monoisotopic (exact) mass is 695 g/mol. The van der Waals surface area contributed by atoms with E-state index < -0.39 is 38.4 Å². The number of nitrogens with one attached hydrogen (secondary N) is 1. The first-order valence-electron chi connectivity index (χ1n) is 14.4. The van der Waals surface area contributed by atoms with Crippen molar-refractivity contribution in [1.29, 1.82) is 0 Å². The van der Waals surface area contributed by atoms with Gasteiger partial charge in [-0.2, -0.15) is 13.2 Å². The van der Waals surface area contributed by atoms with Crippen LogP contribution in [-0.2, 0) is 31.6 Å². The zero-order chi connectivity index (χ0) is 32.5. The number of rotatable bonds is 12. The van der Waals surface area contributed by atoms with Gasteiger partial charge in [0.15, 0.2) is 5.65 Å². The molecule has 16 heteroatoms. The molecule has 4 aromatic rings. The molecule has 2 fully saturated rings. The van der Waals surface area contributed by atoms with Gasteiger partial charge in [-0.1, -0.05) is 36.7 Å². The Balaban J connectivity index is 1.13. The molecule has 4 atom stereocenters. The number of halogens is 4. The van der Waals surface area contributed by atoms with Gasteiger partial charge in [0.25, 0.3) is 0 Å². The molecule has 0 radical (unpaired) electrons. The summed E-state index contributed by atoms with van der Waals surface area (Å²) in [4.78, 5) is 26.4. The number of nitrogens with zero attached hydrogens (tertiary/aromatic N) is 4. The van der Waals surface area contributed by atoms with Crippen molar-refractivity contribution in [2.24, 2.45) is 5.92 Å². The maximum Gasteiger partial charge on any atom is 0.416 e. The van der Waals surface area contributed by atoms with Crippen LogP contribution in [0.5, 0.6) is 5.75 Å². The van der Waals surface area contributed by atoms with Crippen LogP contribution in [0.4, 0.5) is 13.2 Å². The summed E-state index contributed by atoms with van der Waals surface area (Å²) in [5, 5.41) is 4.46. The van der Waals surface area contributed by atoms with Crippen LogP contribution >= 0.6 is 31.9 Å². The smallest absolute Gasteiger partial charge is 0.416 e. The Morgan fingerprint density at radius 3 is 2.65 bits per heavy atom. The van der Waals surface area contributed by atoms with Crippen LogP contribution in [0.3, 0.4) is 0 Å². The van der Waals surface area contributed by atoms with E-state index in [-0.39, 0.29) is 30.4 Å². The zero-order valence-electron chi connectivity index (χ0n) is 24.7. The van der Waals surface area contributed by atoms with Crippen LogP contribution in [0.25, 0.3) is 11.2 Å². The summed E-state index contributed by atoms with van der Waals surface area (Å²) in [5.74, 6) is -0.108. The Bertz CT molecular complexity index is 1690. The van der Waals surface area contributed by atoms with Gasteiger partial charge in [0.05, 0.1) is 24.6 Å². The number of carbonyl (C=O) groups is 1. The molecule has 1 saturated carbocycles. The average molecular weight is 696 g/mol. The molecule has 46 heavy (non-hydrogen) atoms. The van der Waals surface area contributed by atoms with Crippen LogP contribution in [0.15, 0.2) is 66.2 Å². The van der Waals surface area contributed by atoms with E-state index in [9.17, 15) is 18.0 Å². The van der Waals surface area contributed by atoms with Crippen LogP contribution in [0.2, 0.25) is 5.02 Å². The summed E-state index contributed by atoms with van der Waals surface area (Å²) in [5.41, 5.74) is -0.735. The highest BCUT2D eigenvalue weighted by Gasteiger charge is 2.54. The number of aromatic nitrogens is 4. The molecule has 3 heterocycles.